The van der Waals surface area contributed by atoms with Gasteiger partial charge >= 0.3 is 5.97 Å². The third-order valence-electron chi connectivity index (χ3n) is 2.43. The van der Waals surface area contributed by atoms with E-state index in [-0.39, 0.29) is 5.69 Å². The highest BCUT2D eigenvalue weighted by Crippen LogP contribution is 2.19. The second-order valence-corrected chi connectivity index (χ2v) is 3.94. The van der Waals surface area contributed by atoms with Crippen LogP contribution in [0.15, 0.2) is 18.3 Å². The lowest BCUT2D eigenvalue weighted by molar-refractivity contribution is 0.0597. The van der Waals surface area contributed by atoms with Gasteiger partial charge in [0.1, 0.15) is 5.82 Å². The van der Waals surface area contributed by atoms with Crippen LogP contribution in [-0.4, -0.2) is 29.0 Å². The molecule has 5 nitrogen and oxygen atoms in total. The molecule has 90 valence electrons. The van der Waals surface area contributed by atoms with Crippen LogP contribution in [0.1, 0.15) is 16.3 Å². The zero-order chi connectivity index (χ0) is 12.4. The largest absolute Gasteiger partial charge is 0.464 e. The number of carbonyl (C=O) groups is 1. The van der Waals surface area contributed by atoms with Crippen LogP contribution >= 0.6 is 11.6 Å². The minimum Gasteiger partial charge on any atom is -0.464 e. The molecule has 0 aliphatic heterocycles. The van der Waals surface area contributed by atoms with Crippen molar-refractivity contribution < 1.29 is 9.53 Å². The molecule has 2 N–H and O–H groups in total. The zero-order valence-electron chi connectivity index (χ0n) is 9.31. The number of hydrogen-bond acceptors (Lipinski definition) is 4. The molecule has 0 saturated carbocycles. The van der Waals surface area contributed by atoms with Crippen LogP contribution in [0.4, 0.5) is 0 Å². The van der Waals surface area contributed by atoms with Crippen LogP contribution < -0.4 is 5.73 Å². The molecule has 0 fully saturated rings. The van der Waals surface area contributed by atoms with Gasteiger partial charge in [0.25, 0.3) is 0 Å². The minimum atomic E-state index is -0.479. The first-order valence-electron chi connectivity index (χ1n) is 5.12. The predicted molar refractivity (Wildman–Crippen MR) is 64.3 cm³/mol. The molecule has 0 spiro atoms. The quantitative estimate of drug-likeness (QED) is 0.837. The number of hydrogen-bond donors (Lipinski definition) is 1. The lowest BCUT2D eigenvalue weighted by Gasteiger charge is -1.99. The number of imidazole rings is 1. The van der Waals surface area contributed by atoms with Crippen molar-refractivity contribution in [3.05, 3.63) is 34.9 Å². The second-order valence-electron chi connectivity index (χ2n) is 3.51. The highest BCUT2D eigenvalue weighted by Gasteiger charge is 2.17. The number of pyridine rings is 1. The van der Waals surface area contributed by atoms with Crippen molar-refractivity contribution in [1.82, 2.24) is 9.38 Å². The Morgan fingerprint density at radius 2 is 2.41 bits per heavy atom. The smallest absolute Gasteiger partial charge is 0.358 e. The van der Waals surface area contributed by atoms with Crippen molar-refractivity contribution in [3.8, 4) is 0 Å². The van der Waals surface area contributed by atoms with Crippen molar-refractivity contribution in [1.29, 1.82) is 0 Å². The van der Waals surface area contributed by atoms with Crippen LogP contribution in [0, 0.1) is 0 Å². The first-order chi connectivity index (χ1) is 8.17. The summed E-state index contributed by atoms with van der Waals surface area (Å²) in [5, 5.41) is 0.543. The van der Waals surface area contributed by atoms with E-state index in [4.69, 9.17) is 17.3 Å². The van der Waals surface area contributed by atoms with Gasteiger partial charge in [-0.3, -0.25) is 0 Å². The molecule has 2 aromatic heterocycles. The van der Waals surface area contributed by atoms with Crippen LogP contribution in [0.2, 0.25) is 5.02 Å². The van der Waals surface area contributed by atoms with Crippen molar-refractivity contribution in [3.63, 3.8) is 0 Å². The fourth-order valence-electron chi connectivity index (χ4n) is 1.67. The number of aromatic nitrogens is 2. The third kappa shape index (κ3) is 2.11. The Bertz CT molecular complexity index is 565. The molecule has 17 heavy (non-hydrogen) atoms. The fraction of sp³-hybridized carbons (Fsp3) is 0.273. The van der Waals surface area contributed by atoms with Gasteiger partial charge in [-0.15, -0.1) is 0 Å². The maximum Gasteiger partial charge on any atom is 0.358 e. The maximum absolute atomic E-state index is 11.6. The molecule has 2 aromatic rings. The molecule has 0 bridgehead atoms. The van der Waals surface area contributed by atoms with Crippen molar-refractivity contribution >= 4 is 23.1 Å². The Morgan fingerprint density at radius 1 is 1.65 bits per heavy atom. The van der Waals surface area contributed by atoms with Crippen molar-refractivity contribution in [2.45, 2.75) is 6.42 Å². The van der Waals surface area contributed by atoms with Gasteiger partial charge in [-0.1, -0.05) is 11.6 Å². The van der Waals surface area contributed by atoms with E-state index < -0.39 is 5.97 Å². The fourth-order valence-corrected chi connectivity index (χ4v) is 1.83. The van der Waals surface area contributed by atoms with Gasteiger partial charge in [0.2, 0.25) is 0 Å². The van der Waals surface area contributed by atoms with Gasteiger partial charge in [0.05, 0.1) is 12.6 Å². The summed E-state index contributed by atoms with van der Waals surface area (Å²) in [6.45, 7) is 0.461. The summed E-state index contributed by atoms with van der Waals surface area (Å²) in [4.78, 5) is 15.8. The third-order valence-corrected chi connectivity index (χ3v) is 2.66. The van der Waals surface area contributed by atoms with Crippen LogP contribution in [0.25, 0.3) is 5.52 Å². The number of ether oxygens (including phenoxy) is 1. The number of rotatable bonds is 3. The topological polar surface area (TPSA) is 69.6 Å². The monoisotopic (exact) mass is 253 g/mol. The molecular weight excluding hydrogens is 242 g/mol. The van der Waals surface area contributed by atoms with E-state index in [9.17, 15) is 4.79 Å². The molecular formula is C11H12ClN3O2. The van der Waals surface area contributed by atoms with Crippen molar-refractivity contribution in [2.75, 3.05) is 13.7 Å². The summed E-state index contributed by atoms with van der Waals surface area (Å²) in [6, 6.07) is 3.41. The molecule has 2 heterocycles. The van der Waals surface area contributed by atoms with Gasteiger partial charge in [0, 0.05) is 17.6 Å². The molecule has 0 radical (unpaired) electrons. The zero-order valence-corrected chi connectivity index (χ0v) is 10.1. The Morgan fingerprint density at radius 3 is 3.06 bits per heavy atom. The normalized spacial score (nSPS) is 10.8. The number of carbonyl (C=O) groups excluding carboxylic acids is 1. The standard InChI is InChI=1S/C11H12ClN3O2/c1-17-11(16)10-8-6-7(12)3-5-15(8)9(14-10)2-4-13/h3,5-6H,2,4,13H2,1H3. The highest BCUT2D eigenvalue weighted by atomic mass is 35.5. The van der Waals surface area contributed by atoms with E-state index in [0.717, 1.165) is 5.82 Å². The average Bonchev–Trinajstić information content (AvgIpc) is 2.67. The Kier molecular flexibility index (Phi) is 3.31. The Balaban J connectivity index is 2.66. The molecule has 0 aliphatic rings. The van der Waals surface area contributed by atoms with Gasteiger partial charge in [-0.2, -0.15) is 0 Å². The number of halogens is 1. The predicted octanol–water partition coefficient (Wildman–Crippen LogP) is 1.28. The molecule has 6 heteroatoms. The van der Waals surface area contributed by atoms with E-state index in [1.54, 1.807) is 22.7 Å². The summed E-state index contributed by atoms with van der Waals surface area (Å²) in [6.07, 6.45) is 2.35. The minimum absolute atomic E-state index is 0.262. The number of nitrogens with two attached hydrogens (primary N) is 1. The summed E-state index contributed by atoms with van der Waals surface area (Å²) in [7, 11) is 1.32. The number of fused-ring (bicyclic) bond motifs is 1. The number of esters is 1. The highest BCUT2D eigenvalue weighted by molar-refractivity contribution is 6.31. The van der Waals surface area contributed by atoms with E-state index in [1.807, 2.05) is 0 Å². The number of nitrogens with zero attached hydrogens (tertiary/aromatic N) is 2. The molecule has 0 aromatic carbocycles. The average molecular weight is 254 g/mol. The Hall–Kier alpha value is -1.59. The van der Waals surface area contributed by atoms with E-state index >= 15 is 0 Å². The van der Waals surface area contributed by atoms with Gasteiger partial charge in [-0.05, 0) is 18.7 Å². The summed E-state index contributed by atoms with van der Waals surface area (Å²) < 4.78 is 6.48. The Labute approximate surface area is 103 Å². The molecule has 0 saturated heterocycles. The summed E-state index contributed by atoms with van der Waals surface area (Å²) in [5.41, 5.74) is 6.40. The van der Waals surface area contributed by atoms with Crippen molar-refractivity contribution in [2.24, 2.45) is 5.73 Å². The van der Waals surface area contributed by atoms with Gasteiger partial charge in [0.15, 0.2) is 5.69 Å². The first kappa shape index (κ1) is 11.9. The van der Waals surface area contributed by atoms with Crippen LogP contribution in [0.3, 0.4) is 0 Å². The molecule has 0 aliphatic carbocycles. The maximum atomic E-state index is 11.6. The number of methoxy groups -OCH3 is 1. The van der Waals surface area contributed by atoms with E-state index in [2.05, 4.69) is 9.72 Å². The SMILES string of the molecule is COC(=O)c1nc(CCN)n2ccc(Cl)cc12. The molecule has 0 atom stereocenters. The molecule has 2 rings (SSSR count). The molecule has 0 unspecified atom stereocenters. The molecule has 0 amide bonds. The lowest BCUT2D eigenvalue weighted by Crippen LogP contribution is -2.06. The van der Waals surface area contributed by atoms with E-state index in [0.29, 0.717) is 23.5 Å². The van der Waals surface area contributed by atoms with Gasteiger partial charge in [-0.25, -0.2) is 9.78 Å². The first-order valence-corrected chi connectivity index (χ1v) is 5.50. The second kappa shape index (κ2) is 4.73. The van der Waals surface area contributed by atoms with Gasteiger partial charge < -0.3 is 14.9 Å². The summed E-state index contributed by atoms with van der Waals surface area (Å²) in [5.74, 6) is 0.243. The van der Waals surface area contributed by atoms with Crippen LogP contribution in [-0.2, 0) is 11.2 Å². The van der Waals surface area contributed by atoms with Crippen LogP contribution in [0.5, 0.6) is 0 Å². The van der Waals surface area contributed by atoms with E-state index in [1.165, 1.54) is 7.11 Å². The lowest BCUT2D eigenvalue weighted by atomic mass is 10.3. The summed E-state index contributed by atoms with van der Waals surface area (Å²) >= 11 is 5.91.